The SMILES string of the molecule is CCS(=O)(=O)c1ccccc1NCCC1=CCCC1. The molecule has 19 heavy (non-hydrogen) atoms. The minimum absolute atomic E-state index is 0.136. The predicted molar refractivity (Wildman–Crippen MR) is 79.2 cm³/mol. The number of nitrogens with one attached hydrogen (secondary N) is 1. The fourth-order valence-corrected chi connectivity index (χ4v) is 3.43. The number of allylic oxidation sites excluding steroid dienone is 1. The zero-order valence-corrected chi connectivity index (χ0v) is 12.2. The summed E-state index contributed by atoms with van der Waals surface area (Å²) in [6.07, 6.45) is 6.94. The third-order valence-corrected chi connectivity index (χ3v) is 5.28. The summed E-state index contributed by atoms with van der Waals surface area (Å²) in [5.74, 6) is 0.136. The molecule has 0 spiro atoms. The summed E-state index contributed by atoms with van der Waals surface area (Å²) in [4.78, 5) is 0.415. The van der Waals surface area contributed by atoms with Crippen LogP contribution in [0, 0.1) is 0 Å². The van der Waals surface area contributed by atoms with E-state index in [9.17, 15) is 8.42 Å². The molecule has 0 aliphatic heterocycles. The molecule has 0 unspecified atom stereocenters. The van der Waals surface area contributed by atoms with E-state index in [4.69, 9.17) is 0 Å². The molecule has 1 aliphatic rings. The van der Waals surface area contributed by atoms with Gasteiger partial charge in [-0.05, 0) is 37.8 Å². The molecule has 0 saturated heterocycles. The number of hydrogen-bond donors (Lipinski definition) is 1. The highest BCUT2D eigenvalue weighted by Gasteiger charge is 2.15. The number of sulfone groups is 1. The maximum absolute atomic E-state index is 12.0. The lowest BCUT2D eigenvalue weighted by Gasteiger charge is -2.12. The van der Waals surface area contributed by atoms with E-state index in [-0.39, 0.29) is 5.75 Å². The van der Waals surface area contributed by atoms with E-state index < -0.39 is 9.84 Å². The van der Waals surface area contributed by atoms with Gasteiger partial charge in [0.15, 0.2) is 9.84 Å². The molecule has 0 radical (unpaired) electrons. The van der Waals surface area contributed by atoms with Gasteiger partial charge in [0.25, 0.3) is 0 Å². The van der Waals surface area contributed by atoms with Gasteiger partial charge in [-0.1, -0.05) is 30.7 Å². The molecule has 0 bridgehead atoms. The van der Waals surface area contributed by atoms with Gasteiger partial charge in [-0.2, -0.15) is 0 Å². The molecule has 0 fully saturated rings. The van der Waals surface area contributed by atoms with Crippen LogP contribution in [0.15, 0.2) is 40.8 Å². The Bertz CT molecular complexity index is 561. The van der Waals surface area contributed by atoms with E-state index >= 15 is 0 Å². The first-order valence-corrected chi connectivity index (χ1v) is 8.52. The number of benzene rings is 1. The Morgan fingerprint density at radius 2 is 2.05 bits per heavy atom. The molecule has 0 aromatic heterocycles. The summed E-state index contributed by atoms with van der Waals surface area (Å²) in [5, 5.41) is 3.26. The van der Waals surface area contributed by atoms with Gasteiger partial charge < -0.3 is 5.32 Å². The molecule has 4 heteroatoms. The van der Waals surface area contributed by atoms with Gasteiger partial charge in [0, 0.05) is 6.54 Å². The van der Waals surface area contributed by atoms with Gasteiger partial charge in [-0.15, -0.1) is 0 Å². The second-order valence-corrected chi connectivity index (χ2v) is 7.08. The summed E-state index contributed by atoms with van der Waals surface area (Å²) in [5.41, 5.74) is 2.21. The fourth-order valence-electron chi connectivity index (χ4n) is 2.36. The Morgan fingerprint density at radius 1 is 1.26 bits per heavy atom. The molecule has 104 valence electrons. The van der Waals surface area contributed by atoms with E-state index in [0.717, 1.165) is 18.7 Å². The van der Waals surface area contributed by atoms with Crippen LogP contribution >= 0.6 is 0 Å². The van der Waals surface area contributed by atoms with Crippen molar-refractivity contribution in [2.75, 3.05) is 17.6 Å². The van der Waals surface area contributed by atoms with Crippen LogP contribution in [0.5, 0.6) is 0 Å². The topological polar surface area (TPSA) is 46.2 Å². The lowest BCUT2D eigenvalue weighted by Crippen LogP contribution is -2.10. The van der Waals surface area contributed by atoms with Crippen molar-refractivity contribution >= 4 is 15.5 Å². The summed E-state index contributed by atoms with van der Waals surface area (Å²) < 4.78 is 24.0. The van der Waals surface area contributed by atoms with Crippen molar-refractivity contribution in [3.63, 3.8) is 0 Å². The normalized spacial score (nSPS) is 15.3. The highest BCUT2D eigenvalue weighted by atomic mass is 32.2. The molecule has 0 heterocycles. The Morgan fingerprint density at radius 3 is 2.74 bits per heavy atom. The Hall–Kier alpha value is -1.29. The zero-order valence-electron chi connectivity index (χ0n) is 11.4. The first kappa shape index (κ1) is 14.1. The Labute approximate surface area is 115 Å². The van der Waals surface area contributed by atoms with Crippen LogP contribution < -0.4 is 5.32 Å². The molecule has 1 aromatic carbocycles. The van der Waals surface area contributed by atoms with E-state index in [0.29, 0.717) is 4.90 Å². The number of hydrogen-bond acceptors (Lipinski definition) is 3. The van der Waals surface area contributed by atoms with Crippen molar-refractivity contribution < 1.29 is 8.42 Å². The fraction of sp³-hybridized carbons (Fsp3) is 0.467. The molecular weight excluding hydrogens is 258 g/mol. The highest BCUT2D eigenvalue weighted by molar-refractivity contribution is 7.91. The standard InChI is InChI=1S/C15H21NO2S/c1-2-19(17,18)15-10-6-5-9-14(15)16-12-11-13-7-3-4-8-13/h5-7,9-10,16H,2-4,8,11-12H2,1H3. The lowest BCUT2D eigenvalue weighted by atomic mass is 10.1. The van der Waals surface area contributed by atoms with Crippen LogP contribution in [0.3, 0.4) is 0 Å². The average Bonchev–Trinajstić information content (AvgIpc) is 2.92. The molecule has 1 aliphatic carbocycles. The van der Waals surface area contributed by atoms with Gasteiger partial charge in [0.05, 0.1) is 16.3 Å². The molecule has 0 amide bonds. The van der Waals surface area contributed by atoms with E-state index in [1.165, 1.54) is 24.8 Å². The van der Waals surface area contributed by atoms with Gasteiger partial charge in [0.2, 0.25) is 0 Å². The second-order valence-electron chi connectivity index (χ2n) is 4.83. The molecule has 0 saturated carbocycles. The maximum Gasteiger partial charge on any atom is 0.180 e. The Balaban J connectivity index is 2.04. The molecule has 2 rings (SSSR count). The third kappa shape index (κ3) is 3.60. The van der Waals surface area contributed by atoms with Crippen LogP contribution in [-0.2, 0) is 9.84 Å². The average molecular weight is 279 g/mol. The summed E-state index contributed by atoms with van der Waals surface area (Å²) in [6, 6.07) is 7.15. The monoisotopic (exact) mass is 279 g/mol. The van der Waals surface area contributed by atoms with Crippen molar-refractivity contribution in [1.29, 1.82) is 0 Å². The number of rotatable bonds is 6. The number of anilines is 1. The third-order valence-electron chi connectivity index (χ3n) is 3.50. The maximum atomic E-state index is 12.0. The van der Waals surface area contributed by atoms with E-state index in [2.05, 4.69) is 11.4 Å². The summed E-state index contributed by atoms with van der Waals surface area (Å²) in [7, 11) is -3.16. The van der Waals surface area contributed by atoms with Crippen molar-refractivity contribution in [2.45, 2.75) is 37.5 Å². The predicted octanol–water partition coefficient (Wildman–Crippen LogP) is 3.39. The smallest absolute Gasteiger partial charge is 0.180 e. The zero-order chi connectivity index (χ0) is 13.7. The van der Waals surface area contributed by atoms with Gasteiger partial charge in [-0.25, -0.2) is 8.42 Å². The molecule has 3 nitrogen and oxygen atoms in total. The first-order chi connectivity index (χ1) is 9.13. The summed E-state index contributed by atoms with van der Waals surface area (Å²) in [6.45, 7) is 2.47. The largest absolute Gasteiger partial charge is 0.384 e. The van der Waals surface area contributed by atoms with Crippen LogP contribution in [0.25, 0.3) is 0 Å². The highest BCUT2D eigenvalue weighted by Crippen LogP contribution is 2.24. The van der Waals surface area contributed by atoms with Gasteiger partial charge in [-0.3, -0.25) is 0 Å². The van der Waals surface area contributed by atoms with Crippen LogP contribution in [0.2, 0.25) is 0 Å². The minimum Gasteiger partial charge on any atom is -0.384 e. The minimum atomic E-state index is -3.16. The van der Waals surface area contributed by atoms with Crippen molar-refractivity contribution in [3.05, 3.63) is 35.9 Å². The van der Waals surface area contributed by atoms with E-state index in [1.54, 1.807) is 19.1 Å². The van der Waals surface area contributed by atoms with Gasteiger partial charge >= 0.3 is 0 Å². The first-order valence-electron chi connectivity index (χ1n) is 6.87. The quantitative estimate of drug-likeness (QED) is 0.812. The molecular formula is C15H21NO2S. The van der Waals surface area contributed by atoms with E-state index in [1.807, 2.05) is 12.1 Å². The molecule has 1 aromatic rings. The summed E-state index contributed by atoms with van der Waals surface area (Å²) >= 11 is 0. The van der Waals surface area contributed by atoms with Crippen LogP contribution in [0.1, 0.15) is 32.6 Å². The lowest BCUT2D eigenvalue weighted by molar-refractivity contribution is 0.597. The van der Waals surface area contributed by atoms with Crippen molar-refractivity contribution in [1.82, 2.24) is 0 Å². The Kier molecular flexibility index (Phi) is 4.64. The molecule has 0 atom stereocenters. The van der Waals surface area contributed by atoms with Crippen molar-refractivity contribution in [3.8, 4) is 0 Å². The molecule has 1 N–H and O–H groups in total. The van der Waals surface area contributed by atoms with Crippen LogP contribution in [0.4, 0.5) is 5.69 Å². The van der Waals surface area contributed by atoms with Crippen LogP contribution in [-0.4, -0.2) is 20.7 Å². The van der Waals surface area contributed by atoms with Gasteiger partial charge in [0.1, 0.15) is 0 Å². The number of para-hydroxylation sites is 1. The van der Waals surface area contributed by atoms with Crippen molar-refractivity contribution in [2.24, 2.45) is 0 Å². The second kappa shape index (κ2) is 6.24.